The maximum absolute atomic E-state index is 15.4. The molecule has 1 atom stereocenters. The lowest BCUT2D eigenvalue weighted by atomic mass is 10.1. The summed E-state index contributed by atoms with van der Waals surface area (Å²) in [7, 11) is -1.36. The van der Waals surface area contributed by atoms with Gasteiger partial charge in [-0.2, -0.15) is 0 Å². The summed E-state index contributed by atoms with van der Waals surface area (Å²) in [4.78, 5) is 20.6. The van der Waals surface area contributed by atoms with Crippen molar-refractivity contribution in [2.24, 2.45) is 0 Å². The van der Waals surface area contributed by atoms with Crippen LogP contribution in [-0.4, -0.2) is 56.2 Å². The molecule has 1 saturated heterocycles. The summed E-state index contributed by atoms with van der Waals surface area (Å²) in [5.74, 6) is 1.49. The smallest absolute Gasteiger partial charge is 0.163 e. The SMILES string of the molecule is CCCS(=O)Nc1cccc(-c2ccc3nc(-c4ccc(N)nc4)nc(N4CCOCC4)c3n2)c1F. The second-order valence-corrected chi connectivity index (χ2v) is 9.63. The lowest BCUT2D eigenvalue weighted by Gasteiger charge is -2.28. The molecule has 11 heteroatoms. The van der Waals surface area contributed by atoms with Crippen LogP contribution in [0.4, 0.5) is 21.7 Å². The predicted octanol–water partition coefficient (Wildman–Crippen LogP) is 3.80. The van der Waals surface area contributed by atoms with Crippen LogP contribution in [0.3, 0.4) is 0 Å². The van der Waals surface area contributed by atoms with Crippen molar-refractivity contribution in [1.29, 1.82) is 0 Å². The maximum atomic E-state index is 15.4. The molecular formula is C25H26FN7O2S. The standard InChI is InChI=1S/C25H26FN7O2S/c1-2-14-36(34)32-19-5-3-4-17(22(19)26)18-7-8-20-23(29-18)25(33-10-12-35-13-11-33)31-24(30-20)16-6-9-21(27)28-15-16/h3-9,15,32H,2,10-14H2,1H3,(H2,27,28). The van der Waals surface area contributed by atoms with Gasteiger partial charge in [-0.15, -0.1) is 0 Å². The molecule has 0 aliphatic carbocycles. The van der Waals surface area contributed by atoms with E-state index in [0.29, 0.717) is 71.8 Å². The number of morpholine rings is 1. The summed E-state index contributed by atoms with van der Waals surface area (Å²) in [6.07, 6.45) is 2.36. The van der Waals surface area contributed by atoms with Crippen molar-refractivity contribution in [3.63, 3.8) is 0 Å². The molecule has 5 rings (SSSR count). The largest absolute Gasteiger partial charge is 0.384 e. The number of fused-ring (bicyclic) bond motifs is 1. The molecule has 36 heavy (non-hydrogen) atoms. The van der Waals surface area contributed by atoms with E-state index >= 15 is 4.39 Å². The summed E-state index contributed by atoms with van der Waals surface area (Å²) in [6.45, 7) is 4.36. The molecule has 0 saturated carbocycles. The molecule has 0 bridgehead atoms. The van der Waals surface area contributed by atoms with Crippen LogP contribution < -0.4 is 15.4 Å². The normalized spacial score (nSPS) is 14.7. The number of aromatic nitrogens is 4. The van der Waals surface area contributed by atoms with Crippen LogP contribution in [0.25, 0.3) is 33.7 Å². The first-order valence-electron chi connectivity index (χ1n) is 11.7. The van der Waals surface area contributed by atoms with Gasteiger partial charge in [0.15, 0.2) is 17.5 Å². The van der Waals surface area contributed by atoms with Crippen LogP contribution >= 0.6 is 0 Å². The van der Waals surface area contributed by atoms with Crippen molar-refractivity contribution in [2.45, 2.75) is 13.3 Å². The van der Waals surface area contributed by atoms with Crippen molar-refractivity contribution in [3.05, 3.63) is 54.5 Å². The summed E-state index contributed by atoms with van der Waals surface area (Å²) in [5.41, 5.74) is 8.58. The lowest BCUT2D eigenvalue weighted by molar-refractivity contribution is 0.122. The van der Waals surface area contributed by atoms with Crippen molar-refractivity contribution in [1.82, 2.24) is 19.9 Å². The third kappa shape index (κ3) is 4.98. The molecule has 9 nitrogen and oxygen atoms in total. The second-order valence-electron chi connectivity index (χ2n) is 8.33. The summed E-state index contributed by atoms with van der Waals surface area (Å²) in [6, 6.07) is 12.0. The Morgan fingerprint density at radius 2 is 1.94 bits per heavy atom. The number of benzene rings is 1. The molecule has 1 aromatic carbocycles. The summed E-state index contributed by atoms with van der Waals surface area (Å²) >= 11 is 0. The van der Waals surface area contributed by atoms with Gasteiger partial charge in [-0.3, -0.25) is 0 Å². The minimum Gasteiger partial charge on any atom is -0.384 e. The Hall–Kier alpha value is -3.70. The van der Waals surface area contributed by atoms with Gasteiger partial charge in [-0.1, -0.05) is 13.0 Å². The number of nitrogens with two attached hydrogens (primary N) is 1. The first kappa shape index (κ1) is 24.0. The van der Waals surface area contributed by atoms with Gasteiger partial charge in [0.2, 0.25) is 0 Å². The predicted molar refractivity (Wildman–Crippen MR) is 140 cm³/mol. The highest BCUT2D eigenvalue weighted by atomic mass is 32.2. The summed E-state index contributed by atoms with van der Waals surface area (Å²) in [5, 5.41) is 0. The number of nitrogens with one attached hydrogen (secondary N) is 1. The number of ether oxygens (including phenoxy) is 1. The first-order valence-corrected chi connectivity index (χ1v) is 13.0. The van der Waals surface area contributed by atoms with Crippen molar-refractivity contribution in [3.8, 4) is 22.6 Å². The fourth-order valence-electron chi connectivity index (χ4n) is 3.98. The Labute approximate surface area is 210 Å². The van der Waals surface area contributed by atoms with E-state index in [2.05, 4.69) is 14.6 Å². The van der Waals surface area contributed by atoms with Gasteiger partial charge in [0.05, 0.1) is 30.1 Å². The van der Waals surface area contributed by atoms with Crippen molar-refractivity contribution < 1.29 is 13.3 Å². The van der Waals surface area contributed by atoms with Gasteiger partial charge in [0.25, 0.3) is 0 Å². The molecule has 1 aliphatic heterocycles. The number of nitrogens with zero attached hydrogens (tertiary/aromatic N) is 5. The van der Waals surface area contributed by atoms with Gasteiger partial charge in [-0.25, -0.2) is 28.5 Å². The third-order valence-electron chi connectivity index (χ3n) is 5.77. The zero-order valence-electron chi connectivity index (χ0n) is 19.8. The van der Waals surface area contributed by atoms with Crippen molar-refractivity contribution in [2.75, 3.05) is 47.4 Å². The molecule has 1 unspecified atom stereocenters. The second kappa shape index (κ2) is 10.5. The topological polar surface area (TPSA) is 119 Å². The van der Waals surface area contributed by atoms with E-state index in [1.54, 1.807) is 36.5 Å². The third-order valence-corrected chi connectivity index (χ3v) is 6.99. The van der Waals surface area contributed by atoms with Crippen LogP contribution in [0.1, 0.15) is 13.3 Å². The van der Waals surface area contributed by atoms with Gasteiger partial charge >= 0.3 is 0 Å². The van der Waals surface area contributed by atoms with Crippen LogP contribution in [0.15, 0.2) is 48.7 Å². The number of anilines is 3. The van der Waals surface area contributed by atoms with Crippen LogP contribution in [-0.2, 0) is 15.7 Å². The average molecular weight is 508 g/mol. The van der Waals surface area contributed by atoms with E-state index in [1.165, 1.54) is 0 Å². The monoisotopic (exact) mass is 507 g/mol. The Bertz CT molecular complexity index is 1410. The van der Waals surface area contributed by atoms with Crippen molar-refractivity contribution >= 4 is 39.3 Å². The maximum Gasteiger partial charge on any atom is 0.163 e. The van der Waals surface area contributed by atoms with Crippen LogP contribution in [0.2, 0.25) is 0 Å². The number of pyridine rings is 2. The molecule has 186 valence electrons. The quantitative estimate of drug-likeness (QED) is 0.388. The molecule has 0 radical (unpaired) electrons. The number of rotatable bonds is 7. The molecule has 0 amide bonds. The molecular weight excluding hydrogens is 481 g/mol. The van der Waals surface area contributed by atoms with Gasteiger partial charge in [0, 0.05) is 36.2 Å². The lowest BCUT2D eigenvalue weighted by Crippen LogP contribution is -2.37. The Kier molecular flexibility index (Phi) is 7.01. The van der Waals surface area contributed by atoms with Gasteiger partial charge in [0.1, 0.15) is 22.3 Å². The average Bonchev–Trinajstić information content (AvgIpc) is 2.90. The molecule has 1 fully saturated rings. The molecule has 0 spiro atoms. The van der Waals surface area contributed by atoms with E-state index in [4.69, 9.17) is 25.4 Å². The van der Waals surface area contributed by atoms with Gasteiger partial charge in [-0.05, 0) is 42.8 Å². The van der Waals surface area contributed by atoms with E-state index in [1.807, 2.05) is 19.1 Å². The number of halogens is 1. The molecule has 4 heterocycles. The molecule has 3 N–H and O–H groups in total. The first-order chi connectivity index (χ1) is 17.5. The molecule has 3 aromatic heterocycles. The van der Waals surface area contributed by atoms with E-state index in [-0.39, 0.29) is 5.69 Å². The molecule has 4 aromatic rings. The Morgan fingerprint density at radius 3 is 2.69 bits per heavy atom. The van der Waals surface area contributed by atoms with Crippen LogP contribution in [0.5, 0.6) is 0 Å². The Balaban J connectivity index is 1.61. The zero-order chi connectivity index (χ0) is 25.1. The minimum atomic E-state index is -1.36. The fourth-order valence-corrected chi connectivity index (χ4v) is 4.85. The Morgan fingerprint density at radius 1 is 1.11 bits per heavy atom. The van der Waals surface area contributed by atoms with E-state index < -0.39 is 16.8 Å². The van der Waals surface area contributed by atoms with Gasteiger partial charge < -0.3 is 20.1 Å². The number of hydrogen-bond donors (Lipinski definition) is 2. The molecule has 1 aliphatic rings. The van der Waals surface area contributed by atoms with E-state index in [0.717, 1.165) is 12.0 Å². The highest BCUT2D eigenvalue weighted by Gasteiger charge is 2.21. The number of nitrogen functional groups attached to an aromatic ring is 1. The minimum absolute atomic E-state index is 0.178. The van der Waals surface area contributed by atoms with Crippen LogP contribution in [0, 0.1) is 5.82 Å². The fraction of sp³-hybridized carbons (Fsp3) is 0.280. The highest BCUT2D eigenvalue weighted by Crippen LogP contribution is 2.32. The number of hydrogen-bond acceptors (Lipinski definition) is 8. The van der Waals surface area contributed by atoms with E-state index in [9.17, 15) is 4.21 Å². The zero-order valence-corrected chi connectivity index (χ0v) is 20.6. The summed E-state index contributed by atoms with van der Waals surface area (Å²) < 4.78 is 35.8. The highest BCUT2D eigenvalue weighted by molar-refractivity contribution is 7.86.